The van der Waals surface area contributed by atoms with Crippen LogP contribution >= 0.6 is 0 Å². The number of hydrogen-bond donors (Lipinski definition) is 0. The van der Waals surface area contributed by atoms with Crippen molar-refractivity contribution in [1.82, 2.24) is 0 Å². The highest BCUT2D eigenvalue weighted by Gasteiger charge is 2.25. The van der Waals surface area contributed by atoms with E-state index in [4.69, 9.17) is 5.11 Å². The first-order valence-corrected chi connectivity index (χ1v) is 13.1. The molecule has 0 saturated heterocycles. The second kappa shape index (κ2) is 25.0. The zero-order chi connectivity index (χ0) is 21.3. The second-order valence-electron chi connectivity index (χ2n) is 8.77. The lowest BCUT2D eigenvalue weighted by atomic mass is 10.1. The molecule has 0 amide bonds. The van der Waals surface area contributed by atoms with Gasteiger partial charge in [0.1, 0.15) is 0 Å². The largest absolute Gasteiger partial charge is 0.855 e. The van der Waals surface area contributed by atoms with Crippen molar-refractivity contribution in [3.05, 3.63) is 0 Å². The molecule has 0 rings (SSSR count). The van der Waals surface area contributed by atoms with Gasteiger partial charge < -0.3 is 9.59 Å². The molecule has 0 fully saturated rings. The number of hydrogen-bond acceptors (Lipinski definition) is 1. The highest BCUT2D eigenvalue weighted by molar-refractivity contribution is 4.53. The van der Waals surface area contributed by atoms with Crippen LogP contribution in [0.1, 0.15) is 137 Å². The quantitative estimate of drug-likeness (QED) is 0.154. The van der Waals surface area contributed by atoms with E-state index in [9.17, 15) is 0 Å². The standard InChI is InChI=1S/C24H52N.C2H5O/c1-5-9-13-17-21-25(22-18-14-10-6-2,23-19-15-11-7-3)24-20-16-12-8-4;1-2-3/h5-24H2,1-4H3;2H2,1H3/q+1;-1. The van der Waals surface area contributed by atoms with Gasteiger partial charge in [-0.2, -0.15) is 0 Å². The summed E-state index contributed by atoms with van der Waals surface area (Å²) in [5, 5.41) is 8.93. The molecule has 0 aliphatic heterocycles. The Kier molecular flexibility index (Phi) is 26.8. The zero-order valence-electron chi connectivity index (χ0n) is 20.7. The lowest BCUT2D eigenvalue weighted by molar-refractivity contribution is -0.929. The highest BCUT2D eigenvalue weighted by Crippen LogP contribution is 2.19. The highest BCUT2D eigenvalue weighted by atomic mass is 16.2. The molecule has 28 heavy (non-hydrogen) atoms. The molecule has 0 aromatic carbocycles. The molecular formula is C26H57NO. The molecule has 0 aromatic rings. The predicted molar refractivity (Wildman–Crippen MR) is 127 cm³/mol. The maximum atomic E-state index is 8.93. The number of unbranched alkanes of at least 4 members (excludes halogenated alkanes) is 12. The monoisotopic (exact) mass is 399 g/mol. The first-order chi connectivity index (χ1) is 13.7. The lowest BCUT2D eigenvalue weighted by Gasteiger charge is -2.39. The Hall–Kier alpha value is -0.0800. The fourth-order valence-electron chi connectivity index (χ4n) is 4.17. The fraction of sp³-hybridized carbons (Fsp3) is 1.00. The normalized spacial score (nSPS) is 11.4. The van der Waals surface area contributed by atoms with Gasteiger partial charge in [-0.25, -0.2) is 0 Å². The van der Waals surface area contributed by atoms with Gasteiger partial charge in [0.2, 0.25) is 0 Å². The van der Waals surface area contributed by atoms with E-state index in [0.29, 0.717) is 0 Å². The molecule has 0 N–H and O–H groups in total. The van der Waals surface area contributed by atoms with E-state index >= 15 is 0 Å². The van der Waals surface area contributed by atoms with Crippen LogP contribution in [-0.2, 0) is 0 Å². The second-order valence-corrected chi connectivity index (χ2v) is 8.77. The van der Waals surface area contributed by atoms with Gasteiger partial charge in [-0.1, -0.05) is 86.0 Å². The smallest absolute Gasteiger partial charge is 0.0786 e. The van der Waals surface area contributed by atoms with E-state index in [1.807, 2.05) is 0 Å². The minimum Gasteiger partial charge on any atom is -0.855 e. The number of nitrogens with zero attached hydrogens (tertiary/aromatic N) is 1. The topological polar surface area (TPSA) is 23.1 Å². The van der Waals surface area contributed by atoms with Crippen molar-refractivity contribution in [3.63, 3.8) is 0 Å². The molecule has 0 aromatic heterocycles. The van der Waals surface area contributed by atoms with Crippen LogP contribution in [-0.4, -0.2) is 37.3 Å². The maximum absolute atomic E-state index is 8.93. The molecule has 0 aliphatic rings. The first kappa shape index (κ1) is 30.1. The number of rotatable bonds is 20. The van der Waals surface area contributed by atoms with Crippen molar-refractivity contribution in [1.29, 1.82) is 0 Å². The lowest BCUT2D eigenvalue weighted by Crippen LogP contribution is -2.50. The van der Waals surface area contributed by atoms with Crippen molar-refractivity contribution in [2.24, 2.45) is 0 Å². The van der Waals surface area contributed by atoms with Crippen LogP contribution in [0.15, 0.2) is 0 Å². The molecule has 0 atom stereocenters. The van der Waals surface area contributed by atoms with E-state index in [0.717, 1.165) is 0 Å². The molecule has 0 unspecified atom stereocenters. The van der Waals surface area contributed by atoms with Crippen molar-refractivity contribution in [3.8, 4) is 0 Å². The molecule has 0 radical (unpaired) electrons. The Morgan fingerprint density at radius 3 is 0.786 bits per heavy atom. The summed E-state index contributed by atoms with van der Waals surface area (Å²) in [7, 11) is 0. The third-order valence-corrected chi connectivity index (χ3v) is 5.94. The summed E-state index contributed by atoms with van der Waals surface area (Å²) in [4.78, 5) is 0. The van der Waals surface area contributed by atoms with Crippen LogP contribution in [0.5, 0.6) is 0 Å². The van der Waals surface area contributed by atoms with Crippen molar-refractivity contribution >= 4 is 0 Å². The van der Waals surface area contributed by atoms with Crippen LogP contribution < -0.4 is 5.11 Å². The summed E-state index contributed by atoms with van der Waals surface area (Å²) in [6, 6.07) is 0. The molecule has 2 heteroatoms. The number of quaternary nitrogens is 1. The minimum atomic E-state index is 0. The van der Waals surface area contributed by atoms with Gasteiger partial charge in [0, 0.05) is 0 Å². The van der Waals surface area contributed by atoms with Gasteiger partial charge in [0.25, 0.3) is 0 Å². The first-order valence-electron chi connectivity index (χ1n) is 13.1. The maximum Gasteiger partial charge on any atom is 0.0786 e. The summed E-state index contributed by atoms with van der Waals surface area (Å²) in [6.07, 6.45) is 22.8. The molecular weight excluding hydrogens is 342 g/mol. The van der Waals surface area contributed by atoms with Gasteiger partial charge >= 0.3 is 0 Å². The molecule has 0 saturated carbocycles. The van der Waals surface area contributed by atoms with Crippen LogP contribution in [0.2, 0.25) is 0 Å². The van der Waals surface area contributed by atoms with E-state index in [2.05, 4.69) is 27.7 Å². The molecule has 0 aliphatic carbocycles. The van der Waals surface area contributed by atoms with Crippen LogP contribution in [0.4, 0.5) is 0 Å². The Morgan fingerprint density at radius 2 is 0.607 bits per heavy atom. The summed E-state index contributed by atoms with van der Waals surface area (Å²) in [5.41, 5.74) is 0. The summed E-state index contributed by atoms with van der Waals surface area (Å²) in [5.74, 6) is 0. The SMILES string of the molecule is CCCCCC[N+](CCCCCC)(CCCCCC)CCCCCC.CC[O-]. The zero-order valence-corrected chi connectivity index (χ0v) is 20.7. The Labute approximate surface area is 180 Å². The predicted octanol–water partition coefficient (Wildman–Crippen LogP) is 7.49. The molecule has 2 nitrogen and oxygen atoms in total. The van der Waals surface area contributed by atoms with Crippen molar-refractivity contribution in [2.45, 2.75) is 137 Å². The molecule has 0 bridgehead atoms. The van der Waals surface area contributed by atoms with Gasteiger partial charge in [0.05, 0.1) is 26.2 Å². The Bertz CT molecular complexity index is 214. The molecule has 0 spiro atoms. The third-order valence-electron chi connectivity index (χ3n) is 5.94. The van der Waals surface area contributed by atoms with E-state index in [-0.39, 0.29) is 6.61 Å². The van der Waals surface area contributed by atoms with Crippen molar-refractivity contribution in [2.75, 3.05) is 32.8 Å². The van der Waals surface area contributed by atoms with E-state index < -0.39 is 0 Å². The summed E-state index contributed by atoms with van der Waals surface area (Å²) >= 11 is 0. The minimum absolute atomic E-state index is 0. The van der Waals surface area contributed by atoms with Gasteiger partial charge in [-0.3, -0.25) is 0 Å². The van der Waals surface area contributed by atoms with Crippen molar-refractivity contribution < 1.29 is 9.59 Å². The Balaban J connectivity index is 0. The average molecular weight is 400 g/mol. The van der Waals surface area contributed by atoms with Crippen LogP contribution in [0, 0.1) is 0 Å². The fourth-order valence-corrected chi connectivity index (χ4v) is 4.17. The molecule has 172 valence electrons. The Morgan fingerprint density at radius 1 is 0.393 bits per heavy atom. The van der Waals surface area contributed by atoms with E-state index in [1.54, 1.807) is 6.92 Å². The van der Waals surface area contributed by atoms with Gasteiger partial charge in [0.15, 0.2) is 0 Å². The summed E-state index contributed by atoms with van der Waals surface area (Å²) < 4.78 is 1.46. The summed E-state index contributed by atoms with van der Waals surface area (Å²) in [6.45, 7) is 16.8. The van der Waals surface area contributed by atoms with Gasteiger partial charge in [-0.05, 0) is 51.4 Å². The van der Waals surface area contributed by atoms with Gasteiger partial charge in [-0.15, -0.1) is 6.61 Å². The van der Waals surface area contributed by atoms with E-state index in [1.165, 1.54) is 133 Å². The van der Waals surface area contributed by atoms with Crippen LogP contribution in [0.3, 0.4) is 0 Å². The van der Waals surface area contributed by atoms with Crippen LogP contribution in [0.25, 0.3) is 0 Å². The average Bonchev–Trinajstić information content (AvgIpc) is 2.70. The molecule has 0 heterocycles. The third kappa shape index (κ3) is 20.6.